The Morgan fingerprint density at radius 3 is 0.714 bits per heavy atom. The minimum absolute atomic E-state index is 0.809. The van der Waals surface area contributed by atoms with Crippen LogP contribution in [-0.2, 0) is 42.6 Å². The van der Waals surface area contributed by atoms with Gasteiger partial charge in [0, 0.05) is 0 Å². The first kappa shape index (κ1) is 46.0. The first-order chi connectivity index (χ1) is 26.5. The molecular formula is C30H52O26. The predicted molar refractivity (Wildman–Crippen MR) is 167 cm³/mol. The van der Waals surface area contributed by atoms with E-state index in [0.717, 1.165) is 0 Å². The van der Waals surface area contributed by atoms with Gasteiger partial charge in [-0.3, -0.25) is 0 Å². The van der Waals surface area contributed by atoms with Gasteiger partial charge in [0.15, 0.2) is 31.5 Å². The van der Waals surface area contributed by atoms with Gasteiger partial charge in [-0.25, -0.2) is 0 Å². The van der Waals surface area contributed by atoms with Gasteiger partial charge in [-0.2, -0.15) is 0 Å². The first-order valence-electron chi connectivity index (χ1n) is 17.6. The van der Waals surface area contributed by atoms with Crippen molar-refractivity contribution in [2.45, 2.75) is 154 Å². The zero-order valence-electron chi connectivity index (χ0n) is 29.2. The molecule has 0 saturated carbocycles. The van der Waals surface area contributed by atoms with Crippen molar-refractivity contribution in [2.24, 2.45) is 0 Å². The summed E-state index contributed by atoms with van der Waals surface area (Å²) in [6.07, 6.45) is -45.8. The quantitative estimate of drug-likeness (QED) is 0.0819. The second kappa shape index (κ2) is 19.6. The van der Waals surface area contributed by atoms with E-state index in [1.165, 1.54) is 0 Å². The molecule has 0 spiro atoms. The molecule has 0 aromatic rings. The van der Waals surface area contributed by atoms with E-state index in [-0.39, 0.29) is 0 Å². The van der Waals surface area contributed by atoms with Gasteiger partial charge >= 0.3 is 0 Å². The molecule has 26 heteroatoms. The summed E-state index contributed by atoms with van der Waals surface area (Å²) in [5, 5.41) is 175. The van der Waals surface area contributed by atoms with Crippen molar-refractivity contribution in [1.82, 2.24) is 0 Å². The average molecular weight is 829 g/mol. The molecule has 0 radical (unpaired) electrons. The van der Waals surface area contributed by atoms with Crippen molar-refractivity contribution in [3.8, 4) is 0 Å². The maximum absolute atomic E-state index is 11.1. The van der Waals surface area contributed by atoms with E-state index in [1.807, 2.05) is 0 Å². The Balaban J connectivity index is 1.22. The van der Waals surface area contributed by atoms with Crippen LogP contribution in [0.25, 0.3) is 0 Å². The summed E-state index contributed by atoms with van der Waals surface area (Å²) in [5.74, 6) is 0. The molecule has 5 aliphatic heterocycles. The second-order valence-electron chi connectivity index (χ2n) is 14.0. The lowest BCUT2D eigenvalue weighted by atomic mass is 9.95. The second-order valence-corrected chi connectivity index (χ2v) is 14.0. The molecule has 0 aliphatic carbocycles. The highest BCUT2D eigenvalue weighted by molar-refractivity contribution is 4.98. The van der Waals surface area contributed by atoms with Crippen LogP contribution in [0.3, 0.4) is 0 Å². The molecule has 0 bridgehead atoms. The van der Waals surface area contributed by atoms with Crippen LogP contribution in [0, 0.1) is 0 Å². The van der Waals surface area contributed by atoms with E-state index in [9.17, 15) is 86.8 Å². The SMILES string of the molecule is OC[C@H]1O[C@@H](O[C@H]2[C@H](O)[C@@H](O)[C@@H](O[C@H]3[C@H](O)[C@@H](O)[C@@H](O[C@H]4[C@H](O)[C@@H](O)[C@@H](O[C@H]5O[C@H](CO)[C@@H](O)[C@H](O)[C@H]5O)O[C@@H]4CO)O[C@@H]3CO)O[C@@H]2CO)[C@H](O)[C@@H](O)[C@@H]1O. The number of hydrogen-bond donors (Lipinski definition) is 17. The maximum atomic E-state index is 11.1. The molecule has 0 aromatic heterocycles. The van der Waals surface area contributed by atoms with Crippen molar-refractivity contribution < 1.29 is 129 Å². The van der Waals surface area contributed by atoms with E-state index in [2.05, 4.69) is 0 Å². The van der Waals surface area contributed by atoms with E-state index < -0.39 is 187 Å². The Labute approximate surface area is 316 Å². The van der Waals surface area contributed by atoms with E-state index in [0.29, 0.717) is 0 Å². The summed E-state index contributed by atoms with van der Waals surface area (Å²) in [5.41, 5.74) is 0. The largest absolute Gasteiger partial charge is 0.394 e. The number of hydrogen-bond acceptors (Lipinski definition) is 26. The highest BCUT2D eigenvalue weighted by atomic mass is 16.8. The Morgan fingerprint density at radius 1 is 0.250 bits per heavy atom. The number of aliphatic hydroxyl groups is 17. The van der Waals surface area contributed by atoms with Gasteiger partial charge in [0.2, 0.25) is 0 Å². The Bertz CT molecular complexity index is 1200. The normalized spacial score (nSPS) is 53.2. The van der Waals surface area contributed by atoms with Gasteiger partial charge in [0.05, 0.1) is 33.0 Å². The monoisotopic (exact) mass is 828 g/mol. The molecule has 26 nitrogen and oxygen atoms in total. The van der Waals surface area contributed by atoms with Gasteiger partial charge in [0.1, 0.15) is 122 Å². The number of rotatable bonds is 13. The molecule has 25 atom stereocenters. The van der Waals surface area contributed by atoms with Gasteiger partial charge in [-0.15, -0.1) is 0 Å². The average Bonchev–Trinajstić information content (AvgIpc) is 3.19. The smallest absolute Gasteiger partial charge is 0.189 e. The molecule has 5 heterocycles. The van der Waals surface area contributed by atoms with Gasteiger partial charge < -0.3 is 129 Å². The molecule has 56 heavy (non-hydrogen) atoms. The van der Waals surface area contributed by atoms with Crippen molar-refractivity contribution in [3.63, 3.8) is 0 Å². The van der Waals surface area contributed by atoms with Crippen LogP contribution in [0.1, 0.15) is 0 Å². The number of ether oxygens (including phenoxy) is 9. The Hall–Kier alpha value is -1.04. The highest BCUT2D eigenvalue weighted by Crippen LogP contribution is 2.35. The van der Waals surface area contributed by atoms with Gasteiger partial charge in [0.25, 0.3) is 0 Å². The molecular weight excluding hydrogens is 776 g/mol. The van der Waals surface area contributed by atoms with Crippen LogP contribution < -0.4 is 0 Å². The molecule has 5 fully saturated rings. The van der Waals surface area contributed by atoms with Crippen LogP contribution >= 0.6 is 0 Å². The lowest BCUT2D eigenvalue weighted by Crippen LogP contribution is -2.68. The first-order valence-corrected chi connectivity index (χ1v) is 17.6. The summed E-state index contributed by atoms with van der Waals surface area (Å²) in [7, 11) is 0. The third kappa shape index (κ3) is 9.16. The predicted octanol–water partition coefficient (Wildman–Crippen LogP) is -11.9. The van der Waals surface area contributed by atoms with E-state index in [4.69, 9.17) is 42.6 Å². The van der Waals surface area contributed by atoms with Crippen LogP contribution in [0.5, 0.6) is 0 Å². The van der Waals surface area contributed by atoms with E-state index in [1.54, 1.807) is 0 Å². The fraction of sp³-hybridized carbons (Fsp3) is 1.00. The minimum Gasteiger partial charge on any atom is -0.394 e. The molecule has 0 unspecified atom stereocenters. The highest BCUT2D eigenvalue weighted by Gasteiger charge is 2.56. The third-order valence-corrected chi connectivity index (χ3v) is 10.3. The van der Waals surface area contributed by atoms with Crippen molar-refractivity contribution >= 4 is 0 Å². The standard InChI is InChI=1S/C30H52O26/c31-1-6-11(36)13(38)18(43)26(48-6)53-23-8(3-33)50-27(20(45)15(23)40)54-24-9(4-34)51-28(21(46)16(24)41)55-25-10(5-35)52-30(22(47)17(25)42)56-29-19(44)14(39)12(37)7(2-32)49-29/h6-47H,1-5H2/t6-,7-,8-,9-,10-,11-,12-,13+,14+,15-,16-,17-,18-,19-,20-,21-,22-,23-,24-,25-,26+,27-,28-,29-,30-/m1/s1. The third-order valence-electron chi connectivity index (χ3n) is 10.3. The molecule has 5 aliphatic rings. The van der Waals surface area contributed by atoms with Crippen molar-refractivity contribution in [3.05, 3.63) is 0 Å². The van der Waals surface area contributed by atoms with Crippen LogP contribution in [0.2, 0.25) is 0 Å². The maximum Gasteiger partial charge on any atom is 0.189 e. The van der Waals surface area contributed by atoms with Crippen molar-refractivity contribution in [2.75, 3.05) is 33.0 Å². The Kier molecular flexibility index (Phi) is 16.1. The molecule has 5 saturated heterocycles. The minimum atomic E-state index is -2.11. The molecule has 5 rings (SSSR count). The van der Waals surface area contributed by atoms with Crippen LogP contribution in [0.4, 0.5) is 0 Å². The topological polar surface area (TPSA) is 427 Å². The lowest BCUT2D eigenvalue weighted by Gasteiger charge is -2.49. The number of aliphatic hydroxyl groups excluding tert-OH is 17. The zero-order valence-corrected chi connectivity index (χ0v) is 29.2. The summed E-state index contributed by atoms with van der Waals surface area (Å²) in [6, 6.07) is 0. The van der Waals surface area contributed by atoms with E-state index >= 15 is 0 Å². The molecule has 0 amide bonds. The summed E-state index contributed by atoms with van der Waals surface area (Å²) in [6.45, 7) is -4.48. The molecule has 328 valence electrons. The van der Waals surface area contributed by atoms with Crippen LogP contribution in [-0.4, -0.2) is 273 Å². The fourth-order valence-corrected chi connectivity index (χ4v) is 6.96. The van der Waals surface area contributed by atoms with Gasteiger partial charge in [-0.05, 0) is 0 Å². The zero-order chi connectivity index (χ0) is 41.3. The van der Waals surface area contributed by atoms with Crippen molar-refractivity contribution in [1.29, 1.82) is 0 Å². The summed E-state index contributed by atoms with van der Waals surface area (Å²) >= 11 is 0. The summed E-state index contributed by atoms with van der Waals surface area (Å²) in [4.78, 5) is 0. The summed E-state index contributed by atoms with van der Waals surface area (Å²) < 4.78 is 49.1. The van der Waals surface area contributed by atoms with Gasteiger partial charge in [-0.1, -0.05) is 0 Å². The molecule has 17 N–H and O–H groups in total. The Morgan fingerprint density at radius 2 is 0.464 bits per heavy atom. The lowest BCUT2D eigenvalue weighted by molar-refractivity contribution is -0.399. The van der Waals surface area contributed by atoms with Crippen LogP contribution in [0.15, 0.2) is 0 Å². The fourth-order valence-electron chi connectivity index (χ4n) is 6.96. The molecule has 0 aromatic carbocycles.